The summed E-state index contributed by atoms with van der Waals surface area (Å²) in [5.74, 6) is 1.50. The Morgan fingerprint density at radius 2 is 2.18 bits per heavy atom. The number of fused-ring (bicyclic) bond motifs is 2. The van der Waals surface area contributed by atoms with Crippen molar-refractivity contribution >= 4 is 11.9 Å². The number of amides is 1. The predicted octanol–water partition coefficient (Wildman–Crippen LogP) is 1.24. The van der Waals surface area contributed by atoms with Crippen molar-refractivity contribution in [1.29, 1.82) is 0 Å². The van der Waals surface area contributed by atoms with Crippen molar-refractivity contribution < 1.29 is 14.3 Å². The first-order valence-electron chi connectivity index (χ1n) is 6.63. The van der Waals surface area contributed by atoms with Crippen molar-refractivity contribution in [1.82, 2.24) is 5.32 Å². The van der Waals surface area contributed by atoms with E-state index in [4.69, 9.17) is 4.74 Å². The van der Waals surface area contributed by atoms with Crippen LogP contribution in [0.4, 0.5) is 0 Å². The summed E-state index contributed by atoms with van der Waals surface area (Å²) in [5, 5.41) is 3.00. The van der Waals surface area contributed by atoms with Crippen LogP contribution in [-0.4, -0.2) is 24.0 Å². The molecule has 2 aliphatic carbocycles. The zero-order valence-corrected chi connectivity index (χ0v) is 10.1. The Bertz CT molecular complexity index is 355. The predicted molar refractivity (Wildman–Crippen MR) is 61.0 cm³/mol. The van der Waals surface area contributed by atoms with Crippen molar-refractivity contribution in [3.05, 3.63) is 0 Å². The lowest BCUT2D eigenvalue weighted by Crippen LogP contribution is -2.43. The summed E-state index contributed by atoms with van der Waals surface area (Å²) in [6.07, 6.45) is 4.94. The molecule has 3 aliphatic rings. The molecule has 0 radical (unpaired) electrons. The lowest BCUT2D eigenvalue weighted by atomic mass is 9.88. The average Bonchev–Trinajstić information content (AvgIpc) is 2.94. The number of carbonyl (C=O) groups excluding carboxylic acids is 2. The van der Waals surface area contributed by atoms with Crippen LogP contribution in [0.3, 0.4) is 0 Å². The number of hydrogen-bond acceptors (Lipinski definition) is 3. The molecule has 5 atom stereocenters. The van der Waals surface area contributed by atoms with Gasteiger partial charge in [-0.3, -0.25) is 9.59 Å². The standard InChI is InChI=1S/C13H19NO3/c1-7-11(6-12(15)17-7)14-13(16)10-5-8-2-3-9(10)4-8/h7-11H,2-6H2,1H3,(H,14,16)/t7-,8-,9+,10-,11-/m0/s1. The lowest BCUT2D eigenvalue weighted by molar-refractivity contribution is -0.141. The van der Waals surface area contributed by atoms with Gasteiger partial charge in [-0.05, 0) is 38.0 Å². The smallest absolute Gasteiger partial charge is 0.308 e. The van der Waals surface area contributed by atoms with E-state index in [-0.39, 0.29) is 29.9 Å². The third-order valence-corrected chi connectivity index (χ3v) is 4.67. The van der Waals surface area contributed by atoms with Crippen LogP contribution in [0.5, 0.6) is 0 Å². The zero-order chi connectivity index (χ0) is 12.0. The average molecular weight is 237 g/mol. The minimum atomic E-state index is -0.198. The maximum absolute atomic E-state index is 12.2. The third kappa shape index (κ3) is 1.94. The van der Waals surface area contributed by atoms with Crippen molar-refractivity contribution in [3.8, 4) is 0 Å². The molecule has 1 aliphatic heterocycles. The van der Waals surface area contributed by atoms with Gasteiger partial charge in [0.25, 0.3) is 0 Å². The molecule has 1 N–H and O–H groups in total. The molecule has 2 saturated carbocycles. The second kappa shape index (κ2) is 4.00. The van der Waals surface area contributed by atoms with Crippen LogP contribution in [0.1, 0.15) is 39.0 Å². The molecule has 1 saturated heterocycles. The Hall–Kier alpha value is -1.06. The van der Waals surface area contributed by atoms with E-state index in [2.05, 4.69) is 5.32 Å². The molecule has 1 amide bonds. The fraction of sp³-hybridized carbons (Fsp3) is 0.846. The molecule has 0 aromatic heterocycles. The summed E-state index contributed by atoms with van der Waals surface area (Å²) < 4.78 is 5.05. The van der Waals surface area contributed by atoms with E-state index >= 15 is 0 Å². The van der Waals surface area contributed by atoms with Gasteiger partial charge in [0.15, 0.2) is 0 Å². The minimum Gasteiger partial charge on any atom is -0.460 e. The Kier molecular flexibility index (Phi) is 2.60. The van der Waals surface area contributed by atoms with Gasteiger partial charge in [-0.25, -0.2) is 0 Å². The van der Waals surface area contributed by atoms with Crippen LogP contribution in [0.25, 0.3) is 0 Å². The summed E-state index contributed by atoms with van der Waals surface area (Å²) in [4.78, 5) is 23.3. The van der Waals surface area contributed by atoms with Gasteiger partial charge < -0.3 is 10.1 Å². The fourth-order valence-corrected chi connectivity index (χ4v) is 3.71. The molecule has 4 heteroatoms. The van der Waals surface area contributed by atoms with Gasteiger partial charge in [-0.15, -0.1) is 0 Å². The molecule has 3 fully saturated rings. The summed E-state index contributed by atoms with van der Waals surface area (Å²) in [5.41, 5.74) is 0. The Morgan fingerprint density at radius 3 is 2.71 bits per heavy atom. The summed E-state index contributed by atoms with van der Waals surface area (Å²) in [7, 11) is 0. The molecule has 17 heavy (non-hydrogen) atoms. The number of hydrogen-bond donors (Lipinski definition) is 1. The number of rotatable bonds is 2. The molecule has 2 bridgehead atoms. The number of carbonyl (C=O) groups is 2. The highest BCUT2D eigenvalue weighted by atomic mass is 16.6. The molecule has 0 spiro atoms. The molecular formula is C13H19NO3. The number of esters is 1. The second-order valence-electron chi connectivity index (χ2n) is 5.80. The maximum atomic E-state index is 12.2. The number of nitrogens with one attached hydrogen (secondary N) is 1. The number of ether oxygens (including phenoxy) is 1. The summed E-state index contributed by atoms with van der Waals surface area (Å²) >= 11 is 0. The van der Waals surface area contributed by atoms with Crippen molar-refractivity contribution in [2.45, 2.75) is 51.2 Å². The Morgan fingerprint density at radius 1 is 1.35 bits per heavy atom. The quantitative estimate of drug-likeness (QED) is 0.735. The van der Waals surface area contributed by atoms with E-state index < -0.39 is 0 Å². The molecule has 0 aromatic rings. The Balaban J connectivity index is 1.59. The molecule has 4 nitrogen and oxygen atoms in total. The van der Waals surface area contributed by atoms with Gasteiger partial charge in [0.1, 0.15) is 6.10 Å². The van der Waals surface area contributed by atoms with E-state index in [1.807, 2.05) is 6.92 Å². The van der Waals surface area contributed by atoms with Gasteiger partial charge in [-0.1, -0.05) is 6.42 Å². The van der Waals surface area contributed by atoms with E-state index in [9.17, 15) is 9.59 Å². The van der Waals surface area contributed by atoms with Crippen LogP contribution >= 0.6 is 0 Å². The van der Waals surface area contributed by atoms with Gasteiger partial charge in [0.05, 0.1) is 12.5 Å². The molecular weight excluding hydrogens is 218 g/mol. The largest absolute Gasteiger partial charge is 0.460 e. The van der Waals surface area contributed by atoms with Crippen molar-refractivity contribution in [2.24, 2.45) is 17.8 Å². The van der Waals surface area contributed by atoms with Crippen LogP contribution in [0.15, 0.2) is 0 Å². The van der Waals surface area contributed by atoms with Crippen LogP contribution in [0, 0.1) is 17.8 Å². The molecule has 3 rings (SSSR count). The molecule has 0 aromatic carbocycles. The Labute approximate surface area is 101 Å². The highest BCUT2D eigenvalue weighted by molar-refractivity contribution is 5.81. The van der Waals surface area contributed by atoms with Crippen molar-refractivity contribution in [2.75, 3.05) is 0 Å². The van der Waals surface area contributed by atoms with E-state index in [0.717, 1.165) is 12.3 Å². The SMILES string of the molecule is C[C@@H]1OC(=O)C[C@@H]1NC(=O)[C@H]1C[C@H]2CC[C@@H]1C2. The molecule has 0 unspecified atom stereocenters. The third-order valence-electron chi connectivity index (χ3n) is 4.67. The van der Waals surface area contributed by atoms with Crippen LogP contribution in [0.2, 0.25) is 0 Å². The van der Waals surface area contributed by atoms with Crippen LogP contribution in [-0.2, 0) is 14.3 Å². The van der Waals surface area contributed by atoms with Gasteiger partial charge in [0, 0.05) is 5.92 Å². The monoisotopic (exact) mass is 237 g/mol. The first kappa shape index (κ1) is 11.1. The van der Waals surface area contributed by atoms with Crippen LogP contribution < -0.4 is 5.32 Å². The highest BCUT2D eigenvalue weighted by Gasteiger charge is 2.44. The first-order chi connectivity index (χ1) is 8.13. The number of cyclic esters (lactones) is 1. The van der Waals surface area contributed by atoms with Crippen molar-refractivity contribution in [3.63, 3.8) is 0 Å². The zero-order valence-electron chi connectivity index (χ0n) is 10.1. The topological polar surface area (TPSA) is 55.4 Å². The van der Waals surface area contributed by atoms with Gasteiger partial charge >= 0.3 is 5.97 Å². The second-order valence-corrected chi connectivity index (χ2v) is 5.80. The van der Waals surface area contributed by atoms with E-state index in [0.29, 0.717) is 12.3 Å². The summed E-state index contributed by atoms with van der Waals surface area (Å²) in [6.45, 7) is 1.84. The lowest BCUT2D eigenvalue weighted by Gasteiger charge is -2.23. The molecule has 94 valence electrons. The van der Waals surface area contributed by atoms with E-state index in [1.165, 1.54) is 19.3 Å². The fourth-order valence-electron chi connectivity index (χ4n) is 3.71. The minimum absolute atomic E-state index is 0.117. The van der Waals surface area contributed by atoms with Gasteiger partial charge in [0.2, 0.25) is 5.91 Å². The van der Waals surface area contributed by atoms with E-state index in [1.54, 1.807) is 0 Å². The molecule has 1 heterocycles. The highest BCUT2D eigenvalue weighted by Crippen LogP contribution is 2.48. The first-order valence-corrected chi connectivity index (χ1v) is 6.63. The normalized spacial score (nSPS) is 43.8. The maximum Gasteiger partial charge on any atom is 0.308 e. The van der Waals surface area contributed by atoms with Gasteiger partial charge in [-0.2, -0.15) is 0 Å². The summed E-state index contributed by atoms with van der Waals surface area (Å²) in [6, 6.07) is -0.117.